The highest BCUT2D eigenvalue weighted by molar-refractivity contribution is 9.09. The van der Waals surface area contributed by atoms with E-state index in [1.807, 2.05) is 30.3 Å². The Bertz CT molecular complexity index is 1030. The third-order valence-electron chi connectivity index (χ3n) is 8.52. The molecule has 11 heteroatoms. The lowest BCUT2D eigenvalue weighted by atomic mass is 9.70. The second-order valence-electron chi connectivity index (χ2n) is 10.9. The summed E-state index contributed by atoms with van der Waals surface area (Å²) < 4.78 is 4.79. The third kappa shape index (κ3) is 5.88. The fourth-order valence-corrected chi connectivity index (χ4v) is 10.3. The van der Waals surface area contributed by atoms with Gasteiger partial charge < -0.3 is 25.4 Å². The number of fused-ring (bicyclic) bond motifs is 1. The second kappa shape index (κ2) is 12.9. The smallest absolute Gasteiger partial charge is 0.244 e. The summed E-state index contributed by atoms with van der Waals surface area (Å²) in [7, 11) is 0. The molecule has 4 aliphatic rings. The van der Waals surface area contributed by atoms with Gasteiger partial charge in [0.05, 0.1) is 29.8 Å². The van der Waals surface area contributed by atoms with Gasteiger partial charge in [0.1, 0.15) is 6.04 Å². The van der Waals surface area contributed by atoms with E-state index in [-0.39, 0.29) is 34.4 Å². The minimum absolute atomic E-state index is 0.0474. The van der Waals surface area contributed by atoms with Gasteiger partial charge in [-0.2, -0.15) is 0 Å². The summed E-state index contributed by atoms with van der Waals surface area (Å²) in [5.41, 5.74) is 0.707. The molecular weight excluding hydrogens is 584 g/mol. The van der Waals surface area contributed by atoms with Gasteiger partial charge in [0.25, 0.3) is 0 Å². The molecule has 3 amide bonds. The number of para-hydroxylation sites is 1. The number of carbonyl (C=O) groups excluding carboxylic acids is 3. The zero-order chi connectivity index (χ0) is 27.4. The highest BCUT2D eigenvalue weighted by Crippen LogP contribution is 2.67. The number of aliphatic hydroxyl groups excluding tert-OH is 1. The Morgan fingerprint density at radius 1 is 1.08 bits per heavy atom. The number of benzene rings is 1. The van der Waals surface area contributed by atoms with E-state index in [2.05, 4.69) is 31.5 Å². The predicted octanol–water partition coefficient (Wildman–Crippen LogP) is 2.09. The third-order valence-corrected chi connectivity index (χ3v) is 11.7. The van der Waals surface area contributed by atoms with Crippen molar-refractivity contribution in [2.75, 3.05) is 57.9 Å². The Morgan fingerprint density at radius 2 is 1.82 bits per heavy atom. The van der Waals surface area contributed by atoms with Crippen LogP contribution in [0.2, 0.25) is 0 Å². The van der Waals surface area contributed by atoms with Crippen molar-refractivity contribution in [3.63, 3.8) is 0 Å². The summed E-state index contributed by atoms with van der Waals surface area (Å²) in [5.74, 6) is -1.39. The van der Waals surface area contributed by atoms with Gasteiger partial charge in [-0.05, 0) is 31.4 Å². The van der Waals surface area contributed by atoms with Crippen LogP contribution in [0.15, 0.2) is 30.3 Å². The van der Waals surface area contributed by atoms with Crippen LogP contribution in [0.4, 0.5) is 5.69 Å². The van der Waals surface area contributed by atoms with E-state index in [1.54, 1.807) is 16.7 Å². The van der Waals surface area contributed by atoms with Crippen LogP contribution < -0.4 is 10.6 Å². The molecule has 6 atom stereocenters. The van der Waals surface area contributed by atoms with E-state index in [0.29, 0.717) is 38.4 Å². The summed E-state index contributed by atoms with van der Waals surface area (Å²) in [6.07, 6.45) is 3.93. The molecule has 4 aliphatic heterocycles. The molecule has 4 fully saturated rings. The van der Waals surface area contributed by atoms with Crippen LogP contribution in [0.1, 0.15) is 32.1 Å². The maximum absolute atomic E-state index is 14.1. The topological polar surface area (TPSA) is 111 Å². The van der Waals surface area contributed by atoms with Crippen molar-refractivity contribution in [1.29, 1.82) is 0 Å². The fraction of sp³-hybridized carbons (Fsp3) is 0.679. The van der Waals surface area contributed by atoms with E-state index in [0.717, 1.165) is 45.3 Å². The first kappa shape index (κ1) is 28.9. The summed E-state index contributed by atoms with van der Waals surface area (Å²) >= 11 is 5.49. The van der Waals surface area contributed by atoms with E-state index >= 15 is 0 Å². The molecule has 1 aromatic rings. The summed E-state index contributed by atoms with van der Waals surface area (Å²) in [6.45, 7) is 5.01. The molecule has 0 radical (unpaired) electrons. The van der Waals surface area contributed by atoms with Crippen LogP contribution >= 0.6 is 27.7 Å². The highest BCUT2D eigenvalue weighted by atomic mass is 79.9. The zero-order valence-electron chi connectivity index (χ0n) is 22.2. The number of unbranched alkanes of at least 4 members (excludes halogenated alkanes) is 3. The van der Waals surface area contributed by atoms with Gasteiger partial charge in [-0.25, -0.2) is 0 Å². The number of aliphatic hydroxyl groups is 1. The van der Waals surface area contributed by atoms with Crippen molar-refractivity contribution in [1.82, 2.24) is 15.1 Å². The molecule has 3 N–H and O–H groups in total. The Balaban J connectivity index is 1.35. The minimum atomic E-state index is -0.636. The Hall–Kier alpha value is -1.66. The SMILES string of the molecule is O=C(NCCN1CCOCC1)C1N(CCCCCCO)C(=O)[C@@H]2[C@H](C(=O)Nc3ccccc3)[C@H]3SC12CC3Br. The predicted molar refractivity (Wildman–Crippen MR) is 155 cm³/mol. The number of halogens is 1. The van der Waals surface area contributed by atoms with E-state index in [4.69, 9.17) is 9.84 Å². The van der Waals surface area contributed by atoms with Gasteiger partial charge in [0.15, 0.2) is 0 Å². The van der Waals surface area contributed by atoms with Crippen molar-refractivity contribution in [2.45, 2.75) is 53.0 Å². The van der Waals surface area contributed by atoms with Crippen molar-refractivity contribution in [3.8, 4) is 0 Å². The van der Waals surface area contributed by atoms with Crippen LogP contribution in [0.25, 0.3) is 0 Å². The Morgan fingerprint density at radius 3 is 2.56 bits per heavy atom. The lowest BCUT2D eigenvalue weighted by molar-refractivity contribution is -0.139. The molecule has 1 aromatic carbocycles. The maximum atomic E-state index is 14.1. The first-order valence-electron chi connectivity index (χ1n) is 14.1. The molecule has 39 heavy (non-hydrogen) atoms. The average molecular weight is 624 g/mol. The van der Waals surface area contributed by atoms with Gasteiger partial charge in [-0.3, -0.25) is 19.3 Å². The number of ether oxygens (including phenoxy) is 1. The number of amides is 3. The van der Waals surface area contributed by atoms with Crippen molar-refractivity contribution in [3.05, 3.63) is 30.3 Å². The van der Waals surface area contributed by atoms with Crippen LogP contribution in [0, 0.1) is 11.8 Å². The van der Waals surface area contributed by atoms with Crippen molar-refractivity contribution < 1.29 is 24.2 Å². The molecule has 2 bridgehead atoms. The molecule has 9 nitrogen and oxygen atoms in total. The number of hydrogen-bond donors (Lipinski definition) is 3. The lowest BCUT2D eigenvalue weighted by Crippen LogP contribution is -2.55. The Kier molecular flexibility index (Phi) is 9.54. The monoisotopic (exact) mass is 622 g/mol. The number of anilines is 1. The standard InChI is InChI=1S/C28H39BrN4O5S/c29-20-18-28-22(21(23(20)39-28)25(35)31-19-8-4-3-5-9-19)27(37)33(11-6-1-2-7-15-34)24(28)26(36)30-10-12-32-13-16-38-17-14-32/h3-5,8-9,20-24,34H,1-2,6-7,10-18H2,(H,30,36)(H,31,35)/t20?,21-,22-,23-,24?,28?/m0/s1. The number of rotatable bonds is 12. The molecule has 0 aliphatic carbocycles. The van der Waals surface area contributed by atoms with Gasteiger partial charge in [-0.1, -0.05) is 47.0 Å². The molecular formula is C28H39BrN4O5S. The van der Waals surface area contributed by atoms with Crippen LogP contribution in [0.3, 0.4) is 0 Å². The number of alkyl halides is 1. The summed E-state index contributed by atoms with van der Waals surface area (Å²) in [4.78, 5) is 45.7. The molecule has 0 saturated carbocycles. The van der Waals surface area contributed by atoms with Crippen molar-refractivity contribution >= 4 is 51.1 Å². The van der Waals surface area contributed by atoms with Gasteiger partial charge in [0.2, 0.25) is 17.7 Å². The Labute approximate surface area is 242 Å². The number of carbonyl (C=O) groups is 3. The number of likely N-dealkylation sites (tertiary alicyclic amines) is 1. The number of hydrogen-bond acceptors (Lipinski definition) is 7. The number of nitrogens with zero attached hydrogens (tertiary/aromatic N) is 2. The highest BCUT2D eigenvalue weighted by Gasteiger charge is 2.75. The van der Waals surface area contributed by atoms with Crippen LogP contribution in [0.5, 0.6) is 0 Å². The molecule has 4 saturated heterocycles. The largest absolute Gasteiger partial charge is 0.396 e. The second-order valence-corrected chi connectivity index (χ2v) is 13.6. The van der Waals surface area contributed by atoms with Gasteiger partial charge in [0, 0.05) is 55.1 Å². The molecule has 5 rings (SSSR count). The summed E-state index contributed by atoms with van der Waals surface area (Å²) in [6, 6.07) is 8.72. The molecule has 214 valence electrons. The number of thioether (sulfide) groups is 1. The number of morpholine rings is 1. The molecule has 3 unspecified atom stereocenters. The zero-order valence-corrected chi connectivity index (χ0v) is 24.6. The lowest BCUT2D eigenvalue weighted by Gasteiger charge is -2.35. The van der Waals surface area contributed by atoms with Gasteiger partial charge >= 0.3 is 0 Å². The van der Waals surface area contributed by atoms with E-state index in [1.165, 1.54) is 0 Å². The van der Waals surface area contributed by atoms with Gasteiger partial charge in [-0.15, -0.1) is 11.8 Å². The van der Waals surface area contributed by atoms with Crippen LogP contribution in [-0.4, -0.2) is 106 Å². The normalized spacial score (nSPS) is 31.9. The maximum Gasteiger partial charge on any atom is 0.244 e. The van der Waals surface area contributed by atoms with E-state index < -0.39 is 22.6 Å². The van der Waals surface area contributed by atoms with Crippen molar-refractivity contribution in [2.24, 2.45) is 11.8 Å². The van der Waals surface area contributed by atoms with E-state index in [9.17, 15) is 14.4 Å². The first-order valence-corrected chi connectivity index (χ1v) is 15.9. The fourth-order valence-electron chi connectivity index (χ4n) is 6.72. The molecule has 1 spiro atoms. The first-order chi connectivity index (χ1) is 19.0. The average Bonchev–Trinajstić information content (AvgIpc) is 3.53. The molecule has 4 heterocycles. The minimum Gasteiger partial charge on any atom is -0.396 e. The quantitative estimate of drug-likeness (QED) is 0.242. The molecule has 0 aromatic heterocycles. The summed E-state index contributed by atoms with van der Waals surface area (Å²) in [5, 5.41) is 15.2. The van der Waals surface area contributed by atoms with Crippen LogP contribution in [-0.2, 0) is 19.1 Å². The number of nitrogens with one attached hydrogen (secondary N) is 2.